The Labute approximate surface area is 138 Å². The molecule has 0 bridgehead atoms. The molecule has 3 nitrogen and oxygen atoms in total. The topological polar surface area (TPSA) is 41.1 Å². The van der Waals surface area contributed by atoms with Gasteiger partial charge in [0.05, 0.1) is 5.75 Å². The van der Waals surface area contributed by atoms with Gasteiger partial charge in [0.25, 0.3) is 0 Å². The molecule has 0 radical (unpaired) electrons. The Morgan fingerprint density at radius 3 is 2.81 bits per heavy atom. The molecule has 2 rings (SSSR count). The van der Waals surface area contributed by atoms with Gasteiger partial charge in [-0.15, -0.1) is 24.2 Å². The van der Waals surface area contributed by atoms with E-state index in [-0.39, 0.29) is 18.3 Å². The highest BCUT2D eigenvalue weighted by molar-refractivity contribution is 8.00. The van der Waals surface area contributed by atoms with Crippen LogP contribution in [0.3, 0.4) is 0 Å². The molecule has 1 aromatic carbocycles. The van der Waals surface area contributed by atoms with Gasteiger partial charge in [0, 0.05) is 11.4 Å². The Balaban J connectivity index is 0.00000220. The van der Waals surface area contributed by atoms with E-state index in [1.54, 1.807) is 11.8 Å². The second kappa shape index (κ2) is 10.1. The van der Waals surface area contributed by atoms with E-state index in [9.17, 15) is 4.79 Å². The van der Waals surface area contributed by atoms with Crippen molar-refractivity contribution in [3.05, 3.63) is 29.8 Å². The predicted octanol–water partition coefficient (Wildman–Crippen LogP) is 3.01. The molecular weight excluding hydrogens is 304 g/mol. The van der Waals surface area contributed by atoms with Gasteiger partial charge < -0.3 is 10.6 Å². The minimum absolute atomic E-state index is 0. The monoisotopic (exact) mass is 328 g/mol. The number of benzene rings is 1. The van der Waals surface area contributed by atoms with Gasteiger partial charge in [0.2, 0.25) is 5.91 Å². The Hall–Kier alpha value is -0.710. The van der Waals surface area contributed by atoms with Crippen molar-refractivity contribution in [2.24, 2.45) is 5.92 Å². The molecule has 2 N–H and O–H groups in total. The fourth-order valence-corrected chi connectivity index (χ4v) is 3.15. The van der Waals surface area contributed by atoms with Crippen LogP contribution in [-0.2, 0) is 4.79 Å². The summed E-state index contributed by atoms with van der Waals surface area (Å²) in [5.41, 5.74) is 1.25. The van der Waals surface area contributed by atoms with Crippen molar-refractivity contribution in [2.45, 2.75) is 31.1 Å². The number of thioether (sulfide) groups is 1. The molecule has 1 atom stereocenters. The Bertz CT molecular complexity index is 419. The van der Waals surface area contributed by atoms with Crippen molar-refractivity contribution in [1.29, 1.82) is 0 Å². The van der Waals surface area contributed by atoms with Crippen LogP contribution in [0, 0.1) is 12.8 Å². The summed E-state index contributed by atoms with van der Waals surface area (Å²) in [6.45, 7) is 5.13. The molecule has 118 valence electrons. The molecule has 0 saturated carbocycles. The zero-order chi connectivity index (χ0) is 14.2. The average molecular weight is 329 g/mol. The van der Waals surface area contributed by atoms with E-state index in [4.69, 9.17) is 0 Å². The standard InChI is InChI=1S/C16H24N2OS.ClH/c1-13-4-6-15(7-5-13)20-12-16(19)18-10-8-14-3-2-9-17-11-14;/h4-7,14,17H,2-3,8-12H2,1H3,(H,18,19);1H. The van der Waals surface area contributed by atoms with Crippen LogP contribution in [0.1, 0.15) is 24.8 Å². The number of piperidine rings is 1. The van der Waals surface area contributed by atoms with Crippen LogP contribution < -0.4 is 10.6 Å². The number of halogens is 1. The molecule has 1 saturated heterocycles. The summed E-state index contributed by atoms with van der Waals surface area (Å²) in [7, 11) is 0. The second-order valence-electron chi connectivity index (χ2n) is 5.45. The van der Waals surface area contributed by atoms with Crippen LogP contribution in [0.25, 0.3) is 0 Å². The summed E-state index contributed by atoms with van der Waals surface area (Å²) < 4.78 is 0. The zero-order valence-corrected chi connectivity index (χ0v) is 14.2. The fourth-order valence-electron chi connectivity index (χ4n) is 2.42. The van der Waals surface area contributed by atoms with Crippen LogP contribution in [0.2, 0.25) is 0 Å². The molecule has 1 heterocycles. The van der Waals surface area contributed by atoms with Gasteiger partial charge in [-0.1, -0.05) is 17.7 Å². The lowest BCUT2D eigenvalue weighted by Crippen LogP contribution is -2.33. The van der Waals surface area contributed by atoms with Crippen molar-refractivity contribution in [3.8, 4) is 0 Å². The first-order valence-electron chi connectivity index (χ1n) is 7.41. The first kappa shape index (κ1) is 18.3. The quantitative estimate of drug-likeness (QED) is 0.789. The third-order valence-corrected chi connectivity index (χ3v) is 4.68. The lowest BCUT2D eigenvalue weighted by Gasteiger charge is -2.22. The fraction of sp³-hybridized carbons (Fsp3) is 0.562. The third kappa shape index (κ3) is 7.21. The number of nitrogens with one attached hydrogen (secondary N) is 2. The van der Waals surface area contributed by atoms with Gasteiger partial charge in [-0.05, 0) is 57.3 Å². The van der Waals surface area contributed by atoms with E-state index in [0.29, 0.717) is 5.75 Å². The molecule has 21 heavy (non-hydrogen) atoms. The van der Waals surface area contributed by atoms with Crippen LogP contribution in [0.5, 0.6) is 0 Å². The van der Waals surface area contributed by atoms with Crippen molar-refractivity contribution in [2.75, 3.05) is 25.4 Å². The summed E-state index contributed by atoms with van der Waals surface area (Å²) in [5.74, 6) is 1.37. The maximum Gasteiger partial charge on any atom is 0.230 e. The Kier molecular flexibility index (Phi) is 8.81. The van der Waals surface area contributed by atoms with Gasteiger partial charge in [-0.2, -0.15) is 0 Å². The predicted molar refractivity (Wildman–Crippen MR) is 92.4 cm³/mol. The number of aryl methyl sites for hydroxylation is 1. The molecule has 0 aliphatic carbocycles. The molecule has 1 unspecified atom stereocenters. The van der Waals surface area contributed by atoms with Crippen LogP contribution >= 0.6 is 24.2 Å². The lowest BCUT2D eigenvalue weighted by atomic mass is 9.96. The second-order valence-corrected chi connectivity index (χ2v) is 6.50. The molecule has 5 heteroatoms. The summed E-state index contributed by atoms with van der Waals surface area (Å²) >= 11 is 1.60. The van der Waals surface area contributed by atoms with E-state index in [1.165, 1.54) is 18.4 Å². The summed E-state index contributed by atoms with van der Waals surface area (Å²) in [6, 6.07) is 8.30. The van der Waals surface area contributed by atoms with Gasteiger partial charge in [-0.3, -0.25) is 4.79 Å². The van der Waals surface area contributed by atoms with Gasteiger partial charge >= 0.3 is 0 Å². The normalized spacial score (nSPS) is 17.9. The highest BCUT2D eigenvalue weighted by Crippen LogP contribution is 2.18. The van der Waals surface area contributed by atoms with Gasteiger partial charge in [-0.25, -0.2) is 0 Å². The highest BCUT2D eigenvalue weighted by atomic mass is 35.5. The first-order valence-corrected chi connectivity index (χ1v) is 8.39. The zero-order valence-electron chi connectivity index (χ0n) is 12.6. The number of hydrogen-bond donors (Lipinski definition) is 2. The third-order valence-electron chi connectivity index (χ3n) is 3.66. The number of carbonyl (C=O) groups excluding carboxylic acids is 1. The average Bonchev–Trinajstić information content (AvgIpc) is 2.48. The smallest absolute Gasteiger partial charge is 0.230 e. The minimum Gasteiger partial charge on any atom is -0.355 e. The molecule has 1 aliphatic heterocycles. The largest absolute Gasteiger partial charge is 0.355 e. The van der Waals surface area contributed by atoms with Crippen molar-refractivity contribution < 1.29 is 4.79 Å². The van der Waals surface area contributed by atoms with Crippen LogP contribution in [0.15, 0.2) is 29.2 Å². The Morgan fingerprint density at radius 1 is 1.38 bits per heavy atom. The van der Waals surface area contributed by atoms with E-state index in [2.05, 4.69) is 41.8 Å². The van der Waals surface area contributed by atoms with E-state index < -0.39 is 0 Å². The van der Waals surface area contributed by atoms with Crippen LogP contribution in [-0.4, -0.2) is 31.3 Å². The van der Waals surface area contributed by atoms with E-state index in [0.717, 1.165) is 36.9 Å². The molecular formula is C16H25ClN2OS. The van der Waals surface area contributed by atoms with Crippen LogP contribution in [0.4, 0.5) is 0 Å². The number of rotatable bonds is 6. The van der Waals surface area contributed by atoms with Crippen molar-refractivity contribution in [3.63, 3.8) is 0 Å². The number of carbonyl (C=O) groups is 1. The molecule has 1 amide bonds. The molecule has 1 fully saturated rings. The van der Waals surface area contributed by atoms with Crippen molar-refractivity contribution >= 4 is 30.1 Å². The minimum atomic E-state index is 0. The van der Waals surface area contributed by atoms with Gasteiger partial charge in [0.1, 0.15) is 0 Å². The SMILES string of the molecule is Cc1ccc(SCC(=O)NCCC2CCCNC2)cc1.Cl. The summed E-state index contributed by atoms with van der Waals surface area (Å²) in [6.07, 6.45) is 3.65. The number of hydrogen-bond acceptors (Lipinski definition) is 3. The maximum atomic E-state index is 11.8. The molecule has 1 aliphatic rings. The maximum absolute atomic E-state index is 11.8. The van der Waals surface area contributed by atoms with E-state index in [1.807, 2.05) is 0 Å². The number of amides is 1. The van der Waals surface area contributed by atoms with Gasteiger partial charge in [0.15, 0.2) is 0 Å². The lowest BCUT2D eigenvalue weighted by molar-refractivity contribution is -0.118. The molecule has 0 aromatic heterocycles. The molecule has 1 aromatic rings. The Morgan fingerprint density at radius 2 is 2.14 bits per heavy atom. The highest BCUT2D eigenvalue weighted by Gasteiger charge is 2.12. The summed E-state index contributed by atoms with van der Waals surface area (Å²) in [4.78, 5) is 12.9. The summed E-state index contributed by atoms with van der Waals surface area (Å²) in [5, 5.41) is 6.43. The first-order chi connectivity index (χ1) is 9.74. The van der Waals surface area contributed by atoms with E-state index >= 15 is 0 Å². The molecule has 0 spiro atoms. The van der Waals surface area contributed by atoms with Crippen molar-refractivity contribution in [1.82, 2.24) is 10.6 Å².